The maximum absolute atomic E-state index is 9.09. The zero-order valence-corrected chi connectivity index (χ0v) is 13.3. The summed E-state index contributed by atoms with van der Waals surface area (Å²) >= 11 is 0. The van der Waals surface area contributed by atoms with Gasteiger partial charge in [0.25, 0.3) is 0 Å². The Morgan fingerprint density at radius 1 is 1.23 bits per heavy atom. The van der Waals surface area contributed by atoms with Gasteiger partial charge in [-0.2, -0.15) is 5.26 Å². The normalized spacial score (nSPS) is 10.9. The lowest BCUT2D eigenvalue weighted by atomic mass is 10.2. The standard InChI is InChI=1S/C17H20N4O/c1-12-7-15(14(8-18)11-19-12)20-9-13-5-6-16(21-10-13)22-17(2,3)4/h5-7,10-11H,9H2,1-4H3,(H,19,20). The Hall–Kier alpha value is -2.61. The lowest BCUT2D eigenvalue weighted by Gasteiger charge is -2.20. The van der Waals surface area contributed by atoms with Crippen LogP contribution in [-0.2, 0) is 6.54 Å². The molecule has 0 radical (unpaired) electrons. The lowest BCUT2D eigenvalue weighted by Crippen LogP contribution is -2.23. The second kappa shape index (κ2) is 6.44. The van der Waals surface area contributed by atoms with Gasteiger partial charge in [-0.3, -0.25) is 4.98 Å². The lowest BCUT2D eigenvalue weighted by molar-refractivity contribution is 0.124. The molecular formula is C17H20N4O. The van der Waals surface area contributed by atoms with Crippen molar-refractivity contribution in [3.8, 4) is 11.9 Å². The van der Waals surface area contributed by atoms with E-state index in [1.165, 1.54) is 0 Å². The molecule has 0 aliphatic carbocycles. The Kier molecular flexibility index (Phi) is 4.62. The average molecular weight is 296 g/mol. The van der Waals surface area contributed by atoms with Crippen LogP contribution in [0, 0.1) is 18.3 Å². The van der Waals surface area contributed by atoms with Gasteiger partial charge in [0, 0.05) is 30.7 Å². The maximum Gasteiger partial charge on any atom is 0.213 e. The van der Waals surface area contributed by atoms with Crippen LogP contribution in [0.4, 0.5) is 5.69 Å². The summed E-state index contributed by atoms with van der Waals surface area (Å²) in [4.78, 5) is 8.42. The second-order valence-corrected chi connectivity index (χ2v) is 6.06. The number of hydrogen-bond acceptors (Lipinski definition) is 5. The Bertz CT molecular complexity index is 681. The molecule has 2 aromatic rings. The molecule has 1 N–H and O–H groups in total. The molecule has 0 fully saturated rings. The van der Waals surface area contributed by atoms with Crippen molar-refractivity contribution < 1.29 is 4.74 Å². The van der Waals surface area contributed by atoms with E-state index in [4.69, 9.17) is 10.00 Å². The predicted molar refractivity (Wildman–Crippen MR) is 85.6 cm³/mol. The molecule has 0 spiro atoms. The van der Waals surface area contributed by atoms with E-state index in [0.29, 0.717) is 18.0 Å². The molecule has 0 aliphatic rings. The van der Waals surface area contributed by atoms with Crippen molar-refractivity contribution in [3.63, 3.8) is 0 Å². The summed E-state index contributed by atoms with van der Waals surface area (Å²) in [5.41, 5.74) is 2.94. The summed E-state index contributed by atoms with van der Waals surface area (Å²) in [5.74, 6) is 0.605. The zero-order chi connectivity index (χ0) is 16.2. The molecule has 114 valence electrons. The Balaban J connectivity index is 2.04. The van der Waals surface area contributed by atoms with E-state index in [1.807, 2.05) is 45.9 Å². The van der Waals surface area contributed by atoms with Crippen molar-refractivity contribution in [1.29, 1.82) is 5.26 Å². The highest BCUT2D eigenvalue weighted by Crippen LogP contribution is 2.18. The summed E-state index contributed by atoms with van der Waals surface area (Å²) in [7, 11) is 0. The maximum atomic E-state index is 9.09. The van der Waals surface area contributed by atoms with Gasteiger partial charge in [0.05, 0.1) is 11.3 Å². The van der Waals surface area contributed by atoms with E-state index < -0.39 is 0 Å². The summed E-state index contributed by atoms with van der Waals surface area (Å²) in [6.45, 7) is 8.44. The Labute approximate surface area is 131 Å². The van der Waals surface area contributed by atoms with Gasteiger partial charge in [0.2, 0.25) is 5.88 Å². The fourth-order valence-corrected chi connectivity index (χ4v) is 1.88. The molecule has 22 heavy (non-hydrogen) atoms. The molecular weight excluding hydrogens is 276 g/mol. The quantitative estimate of drug-likeness (QED) is 0.935. The molecule has 0 saturated heterocycles. The van der Waals surface area contributed by atoms with E-state index in [2.05, 4.69) is 21.4 Å². The van der Waals surface area contributed by atoms with Gasteiger partial charge in [0.1, 0.15) is 11.7 Å². The summed E-state index contributed by atoms with van der Waals surface area (Å²) in [6.07, 6.45) is 3.35. The number of rotatable bonds is 4. The van der Waals surface area contributed by atoms with Crippen LogP contribution in [0.25, 0.3) is 0 Å². The molecule has 2 heterocycles. The summed E-state index contributed by atoms with van der Waals surface area (Å²) < 4.78 is 5.69. The van der Waals surface area contributed by atoms with Crippen molar-refractivity contribution >= 4 is 5.69 Å². The smallest absolute Gasteiger partial charge is 0.213 e. The third-order valence-electron chi connectivity index (χ3n) is 2.85. The molecule has 5 nitrogen and oxygen atoms in total. The van der Waals surface area contributed by atoms with Crippen molar-refractivity contribution in [3.05, 3.63) is 47.4 Å². The van der Waals surface area contributed by atoms with Gasteiger partial charge in [-0.05, 0) is 39.3 Å². The number of nitrogens with one attached hydrogen (secondary N) is 1. The molecule has 0 unspecified atom stereocenters. The monoisotopic (exact) mass is 296 g/mol. The second-order valence-electron chi connectivity index (χ2n) is 6.06. The van der Waals surface area contributed by atoms with Crippen molar-refractivity contribution in [2.75, 3.05) is 5.32 Å². The summed E-state index contributed by atoms with van der Waals surface area (Å²) in [6, 6.07) is 7.81. The number of aryl methyl sites for hydroxylation is 1. The minimum absolute atomic E-state index is 0.261. The van der Waals surface area contributed by atoms with Crippen LogP contribution in [0.1, 0.15) is 37.6 Å². The molecule has 0 amide bonds. The van der Waals surface area contributed by atoms with Crippen molar-refractivity contribution in [1.82, 2.24) is 9.97 Å². The largest absolute Gasteiger partial charge is 0.472 e. The minimum Gasteiger partial charge on any atom is -0.472 e. The number of hydrogen-bond donors (Lipinski definition) is 1. The van der Waals surface area contributed by atoms with Crippen LogP contribution in [-0.4, -0.2) is 15.6 Å². The SMILES string of the molecule is Cc1cc(NCc2ccc(OC(C)(C)C)nc2)c(C#N)cn1. The van der Waals surface area contributed by atoms with Gasteiger partial charge >= 0.3 is 0 Å². The first kappa shape index (κ1) is 15.8. The Morgan fingerprint density at radius 3 is 2.59 bits per heavy atom. The fourth-order valence-electron chi connectivity index (χ4n) is 1.88. The molecule has 0 aromatic carbocycles. The molecule has 5 heteroatoms. The first-order chi connectivity index (χ1) is 10.4. The van der Waals surface area contributed by atoms with Gasteiger partial charge in [-0.1, -0.05) is 6.07 Å². The number of nitrogens with zero attached hydrogens (tertiary/aromatic N) is 3. The molecule has 2 aromatic heterocycles. The third-order valence-corrected chi connectivity index (χ3v) is 2.85. The first-order valence-corrected chi connectivity index (χ1v) is 7.12. The number of ether oxygens (including phenoxy) is 1. The number of nitriles is 1. The van der Waals surface area contributed by atoms with E-state index >= 15 is 0 Å². The van der Waals surface area contributed by atoms with Crippen LogP contribution in [0.3, 0.4) is 0 Å². The third kappa shape index (κ3) is 4.45. The number of pyridine rings is 2. The van der Waals surface area contributed by atoms with Gasteiger partial charge in [-0.15, -0.1) is 0 Å². The van der Waals surface area contributed by atoms with Crippen LogP contribution >= 0.6 is 0 Å². The molecule has 0 bridgehead atoms. The first-order valence-electron chi connectivity index (χ1n) is 7.12. The minimum atomic E-state index is -0.261. The van der Waals surface area contributed by atoms with Gasteiger partial charge in [0.15, 0.2) is 0 Å². The van der Waals surface area contributed by atoms with E-state index in [1.54, 1.807) is 12.4 Å². The molecule has 0 atom stereocenters. The fraction of sp³-hybridized carbons (Fsp3) is 0.353. The van der Waals surface area contributed by atoms with Crippen LogP contribution in [0.15, 0.2) is 30.6 Å². The van der Waals surface area contributed by atoms with Crippen molar-refractivity contribution in [2.45, 2.75) is 39.8 Å². The highest BCUT2D eigenvalue weighted by atomic mass is 16.5. The van der Waals surface area contributed by atoms with Crippen molar-refractivity contribution in [2.24, 2.45) is 0 Å². The molecule has 0 saturated carbocycles. The predicted octanol–water partition coefficient (Wildman–Crippen LogP) is 3.45. The van der Waals surface area contributed by atoms with Gasteiger partial charge in [-0.25, -0.2) is 4.98 Å². The van der Waals surface area contributed by atoms with E-state index in [-0.39, 0.29) is 5.60 Å². The van der Waals surface area contributed by atoms with Crippen LogP contribution in [0.2, 0.25) is 0 Å². The highest BCUT2D eigenvalue weighted by Gasteiger charge is 2.12. The van der Waals surface area contributed by atoms with E-state index in [9.17, 15) is 0 Å². The molecule has 0 aliphatic heterocycles. The van der Waals surface area contributed by atoms with E-state index in [0.717, 1.165) is 16.9 Å². The van der Waals surface area contributed by atoms with Crippen LogP contribution < -0.4 is 10.1 Å². The zero-order valence-electron chi connectivity index (χ0n) is 13.3. The highest BCUT2D eigenvalue weighted by molar-refractivity contribution is 5.57. The Morgan fingerprint density at radius 2 is 2.00 bits per heavy atom. The van der Waals surface area contributed by atoms with Gasteiger partial charge < -0.3 is 10.1 Å². The number of anilines is 1. The topological polar surface area (TPSA) is 70.8 Å². The summed E-state index contributed by atoms with van der Waals surface area (Å²) in [5, 5.41) is 12.3. The number of aromatic nitrogens is 2. The molecule has 2 rings (SSSR count). The van der Waals surface area contributed by atoms with Crippen LogP contribution in [0.5, 0.6) is 5.88 Å². The average Bonchev–Trinajstić information content (AvgIpc) is 2.45.